The Hall–Kier alpha value is -1.13. The lowest BCUT2D eigenvalue weighted by Gasteiger charge is -2.29. The third-order valence-electron chi connectivity index (χ3n) is 3.71. The molecule has 1 fully saturated rings. The second-order valence-electron chi connectivity index (χ2n) is 5.36. The van der Waals surface area contributed by atoms with Crippen molar-refractivity contribution in [2.24, 2.45) is 5.92 Å². The van der Waals surface area contributed by atoms with Crippen LogP contribution in [0.3, 0.4) is 0 Å². The summed E-state index contributed by atoms with van der Waals surface area (Å²) in [6.07, 6.45) is 2.50. The average Bonchev–Trinajstić information content (AvgIpc) is 2.38. The summed E-state index contributed by atoms with van der Waals surface area (Å²) in [7, 11) is 0. The van der Waals surface area contributed by atoms with Crippen molar-refractivity contribution in [3.05, 3.63) is 29.6 Å². The summed E-state index contributed by atoms with van der Waals surface area (Å²) in [5.74, 6) is 0.312. The molecule has 1 aromatic carbocycles. The van der Waals surface area contributed by atoms with Crippen molar-refractivity contribution in [2.45, 2.75) is 26.3 Å². The molecule has 0 spiro atoms. The molecule has 4 heteroatoms. The van der Waals surface area contributed by atoms with Crippen LogP contribution in [0.15, 0.2) is 18.2 Å². The number of benzene rings is 1. The molecule has 1 unspecified atom stereocenters. The van der Waals surface area contributed by atoms with Crippen molar-refractivity contribution in [3.8, 4) is 5.75 Å². The number of nitrogens with zero attached hydrogens (tertiary/aromatic N) is 1. The molecule has 0 saturated carbocycles. The summed E-state index contributed by atoms with van der Waals surface area (Å²) >= 11 is 0. The molecule has 1 atom stereocenters. The van der Waals surface area contributed by atoms with Crippen molar-refractivity contribution in [1.82, 2.24) is 10.2 Å². The van der Waals surface area contributed by atoms with Crippen molar-refractivity contribution < 1.29 is 9.50 Å². The van der Waals surface area contributed by atoms with E-state index in [9.17, 15) is 9.50 Å². The second-order valence-corrected chi connectivity index (χ2v) is 5.36. The van der Waals surface area contributed by atoms with Gasteiger partial charge >= 0.3 is 0 Å². The highest BCUT2D eigenvalue weighted by Gasteiger charge is 2.16. The van der Waals surface area contributed by atoms with Crippen molar-refractivity contribution in [3.63, 3.8) is 0 Å². The predicted octanol–water partition coefficient (Wildman–Crippen LogP) is 2.35. The van der Waals surface area contributed by atoms with E-state index in [0.29, 0.717) is 12.5 Å². The van der Waals surface area contributed by atoms with Gasteiger partial charge in [-0.15, -0.1) is 0 Å². The molecule has 0 bridgehead atoms. The number of phenols is 1. The smallest absolute Gasteiger partial charge is 0.127 e. The number of rotatable bonds is 5. The Kier molecular flexibility index (Phi) is 5.16. The van der Waals surface area contributed by atoms with E-state index in [1.54, 1.807) is 6.07 Å². The zero-order valence-electron chi connectivity index (χ0n) is 11.5. The van der Waals surface area contributed by atoms with Gasteiger partial charge in [0, 0.05) is 19.2 Å². The van der Waals surface area contributed by atoms with Gasteiger partial charge in [0.15, 0.2) is 0 Å². The van der Waals surface area contributed by atoms with E-state index in [4.69, 9.17) is 0 Å². The molecule has 3 nitrogen and oxygen atoms in total. The maximum atomic E-state index is 13.3. The van der Waals surface area contributed by atoms with Gasteiger partial charge < -0.3 is 10.4 Å². The molecule has 0 aromatic heterocycles. The Morgan fingerprint density at radius 1 is 1.42 bits per heavy atom. The summed E-state index contributed by atoms with van der Waals surface area (Å²) in [5.41, 5.74) is 0.836. The van der Waals surface area contributed by atoms with Crippen LogP contribution in [0.1, 0.15) is 25.3 Å². The number of halogens is 1. The van der Waals surface area contributed by atoms with Crippen LogP contribution >= 0.6 is 0 Å². The lowest BCUT2D eigenvalue weighted by Crippen LogP contribution is -2.38. The van der Waals surface area contributed by atoms with Crippen molar-refractivity contribution in [1.29, 1.82) is 0 Å². The fourth-order valence-electron chi connectivity index (χ4n) is 2.73. The van der Waals surface area contributed by atoms with Crippen LogP contribution in [0.2, 0.25) is 0 Å². The highest BCUT2D eigenvalue weighted by Crippen LogP contribution is 2.18. The monoisotopic (exact) mass is 266 g/mol. The van der Waals surface area contributed by atoms with Gasteiger partial charge in [-0.3, -0.25) is 4.90 Å². The summed E-state index contributed by atoms with van der Waals surface area (Å²) in [6.45, 7) is 6.98. The van der Waals surface area contributed by atoms with Gasteiger partial charge in [0.1, 0.15) is 11.6 Å². The molecule has 19 heavy (non-hydrogen) atoms. The summed E-state index contributed by atoms with van der Waals surface area (Å²) in [4.78, 5) is 2.31. The fraction of sp³-hybridized carbons (Fsp3) is 0.600. The van der Waals surface area contributed by atoms with Gasteiger partial charge in [0.25, 0.3) is 0 Å². The molecule has 0 amide bonds. The Labute approximate surface area is 114 Å². The van der Waals surface area contributed by atoms with E-state index in [2.05, 4.69) is 17.1 Å². The van der Waals surface area contributed by atoms with E-state index < -0.39 is 0 Å². The standard InChI is InChI=1S/C15H23FN2O/c1-2-18(10-12-4-3-5-17-9-12)11-13-6-14(16)8-15(19)7-13/h6-8,12,17,19H,2-5,9-11H2,1H3. The first-order chi connectivity index (χ1) is 9.17. The highest BCUT2D eigenvalue weighted by molar-refractivity contribution is 5.28. The number of hydrogen-bond donors (Lipinski definition) is 2. The van der Waals surface area contributed by atoms with Gasteiger partial charge in [-0.25, -0.2) is 4.39 Å². The molecule has 1 aliphatic heterocycles. The van der Waals surface area contributed by atoms with Crippen LogP contribution in [0.4, 0.5) is 4.39 Å². The van der Waals surface area contributed by atoms with E-state index in [-0.39, 0.29) is 11.6 Å². The SMILES string of the molecule is CCN(Cc1cc(O)cc(F)c1)CC1CCCNC1. The van der Waals surface area contributed by atoms with E-state index in [1.165, 1.54) is 18.9 Å². The fourth-order valence-corrected chi connectivity index (χ4v) is 2.73. The maximum Gasteiger partial charge on any atom is 0.127 e. The van der Waals surface area contributed by atoms with Crippen LogP contribution in [-0.4, -0.2) is 36.2 Å². The molecular weight excluding hydrogens is 243 g/mol. The quantitative estimate of drug-likeness (QED) is 0.859. The van der Waals surface area contributed by atoms with Crippen LogP contribution in [0.5, 0.6) is 5.75 Å². The van der Waals surface area contributed by atoms with E-state index >= 15 is 0 Å². The van der Waals surface area contributed by atoms with Crippen LogP contribution in [0.25, 0.3) is 0 Å². The molecule has 2 rings (SSSR count). The van der Waals surface area contributed by atoms with Gasteiger partial charge in [0.2, 0.25) is 0 Å². The largest absolute Gasteiger partial charge is 0.508 e. The Bertz CT molecular complexity index is 385. The first-order valence-corrected chi connectivity index (χ1v) is 7.09. The normalized spacial score (nSPS) is 19.8. The third-order valence-corrected chi connectivity index (χ3v) is 3.71. The minimum atomic E-state index is -0.370. The summed E-state index contributed by atoms with van der Waals surface area (Å²) in [5, 5.41) is 12.9. The first kappa shape index (κ1) is 14.3. The molecule has 106 valence electrons. The van der Waals surface area contributed by atoms with Crippen LogP contribution in [0, 0.1) is 11.7 Å². The first-order valence-electron chi connectivity index (χ1n) is 7.09. The lowest BCUT2D eigenvalue weighted by atomic mass is 9.99. The van der Waals surface area contributed by atoms with Crippen LogP contribution in [-0.2, 0) is 6.54 Å². The summed E-state index contributed by atoms with van der Waals surface area (Å²) in [6, 6.07) is 4.29. The molecule has 1 heterocycles. The van der Waals surface area contributed by atoms with Gasteiger partial charge in [-0.2, -0.15) is 0 Å². The van der Waals surface area contributed by atoms with E-state index in [1.807, 2.05) is 0 Å². The molecule has 0 aliphatic carbocycles. The minimum Gasteiger partial charge on any atom is -0.508 e. The second kappa shape index (κ2) is 6.87. The van der Waals surface area contributed by atoms with Crippen LogP contribution < -0.4 is 5.32 Å². The molecule has 1 aromatic rings. The maximum absolute atomic E-state index is 13.3. The van der Waals surface area contributed by atoms with Gasteiger partial charge in [0.05, 0.1) is 0 Å². The highest BCUT2D eigenvalue weighted by atomic mass is 19.1. The number of hydrogen-bond acceptors (Lipinski definition) is 3. The van der Waals surface area contributed by atoms with Crippen molar-refractivity contribution in [2.75, 3.05) is 26.2 Å². The molecule has 1 aliphatic rings. The lowest BCUT2D eigenvalue weighted by molar-refractivity contribution is 0.209. The number of piperidine rings is 1. The average molecular weight is 266 g/mol. The van der Waals surface area contributed by atoms with Gasteiger partial charge in [-0.05, 0) is 56.1 Å². The summed E-state index contributed by atoms with van der Waals surface area (Å²) < 4.78 is 13.3. The third kappa shape index (κ3) is 4.48. The molecule has 0 radical (unpaired) electrons. The Balaban J connectivity index is 1.93. The zero-order valence-corrected chi connectivity index (χ0v) is 11.5. The van der Waals surface area contributed by atoms with Gasteiger partial charge in [-0.1, -0.05) is 6.92 Å². The number of nitrogens with one attached hydrogen (secondary N) is 1. The predicted molar refractivity (Wildman–Crippen MR) is 74.6 cm³/mol. The Morgan fingerprint density at radius 2 is 2.26 bits per heavy atom. The minimum absolute atomic E-state index is 0.00499. The number of phenolic OH excluding ortho intramolecular Hbond substituents is 1. The topological polar surface area (TPSA) is 35.5 Å². The zero-order chi connectivity index (χ0) is 13.7. The Morgan fingerprint density at radius 3 is 2.89 bits per heavy atom. The van der Waals surface area contributed by atoms with E-state index in [0.717, 1.165) is 37.8 Å². The number of aromatic hydroxyl groups is 1. The molecular formula is C15H23FN2O. The molecule has 2 N–H and O–H groups in total. The molecule has 1 saturated heterocycles. The van der Waals surface area contributed by atoms with Crippen molar-refractivity contribution >= 4 is 0 Å².